The molecule has 0 fully saturated rings. The summed E-state index contributed by atoms with van der Waals surface area (Å²) in [6.07, 6.45) is 1.71. The number of aromatic nitrogens is 1. The number of fused-ring (bicyclic) bond motifs is 1. The first-order valence-electron chi connectivity index (χ1n) is 4.15. The van der Waals surface area contributed by atoms with Gasteiger partial charge in [-0.2, -0.15) is 0 Å². The van der Waals surface area contributed by atoms with Crippen LogP contribution in [0, 0.1) is 5.82 Å². The summed E-state index contributed by atoms with van der Waals surface area (Å²) >= 11 is 5.71. The van der Waals surface area contributed by atoms with Crippen molar-refractivity contribution in [3.05, 3.63) is 29.7 Å². The van der Waals surface area contributed by atoms with E-state index in [1.807, 2.05) is 0 Å². The molecule has 1 aromatic heterocycles. The van der Waals surface area contributed by atoms with Crippen LogP contribution in [0.4, 0.5) is 4.39 Å². The van der Waals surface area contributed by atoms with E-state index in [0.717, 1.165) is 10.9 Å². The maximum absolute atomic E-state index is 13.4. The lowest BCUT2D eigenvalue weighted by Crippen LogP contribution is -1.86. The second-order valence-corrected chi connectivity index (χ2v) is 3.25. The lowest BCUT2D eigenvalue weighted by molar-refractivity contribution is 0.412. The molecule has 14 heavy (non-hydrogen) atoms. The maximum atomic E-state index is 13.4. The Balaban J connectivity index is 2.73. The molecule has 0 radical (unpaired) electrons. The van der Waals surface area contributed by atoms with E-state index in [-0.39, 0.29) is 5.82 Å². The third kappa shape index (κ3) is 1.34. The van der Waals surface area contributed by atoms with Crippen LogP contribution in [0.25, 0.3) is 10.9 Å². The highest BCUT2D eigenvalue weighted by atomic mass is 35.5. The Labute approximate surface area is 85.6 Å². The summed E-state index contributed by atoms with van der Waals surface area (Å²) in [7, 11) is 1.51. The van der Waals surface area contributed by atoms with E-state index >= 15 is 0 Å². The van der Waals surface area contributed by atoms with Crippen LogP contribution in [0.5, 0.6) is 5.75 Å². The molecule has 2 rings (SSSR count). The van der Waals surface area contributed by atoms with Crippen LogP contribution in [0.1, 0.15) is 5.56 Å². The average Bonchev–Trinajstić information content (AvgIpc) is 2.61. The van der Waals surface area contributed by atoms with Crippen molar-refractivity contribution in [1.82, 2.24) is 4.98 Å². The Morgan fingerprint density at radius 3 is 2.93 bits per heavy atom. The smallest absolute Gasteiger partial charge is 0.150 e. The second kappa shape index (κ2) is 3.50. The lowest BCUT2D eigenvalue weighted by atomic mass is 10.2. The number of halogens is 2. The van der Waals surface area contributed by atoms with E-state index in [4.69, 9.17) is 16.3 Å². The second-order valence-electron chi connectivity index (χ2n) is 2.98. The first kappa shape index (κ1) is 9.34. The molecule has 0 spiro atoms. The highest BCUT2D eigenvalue weighted by Crippen LogP contribution is 2.27. The molecule has 2 nitrogen and oxygen atoms in total. The molecule has 0 aliphatic rings. The number of methoxy groups -OCH3 is 1. The molecule has 1 N–H and O–H groups in total. The topological polar surface area (TPSA) is 25.0 Å². The lowest BCUT2D eigenvalue weighted by Gasteiger charge is -2.01. The molecule has 0 aliphatic carbocycles. The molecule has 0 unspecified atom stereocenters. The molecular weight excluding hydrogens is 205 g/mol. The van der Waals surface area contributed by atoms with Crippen LogP contribution >= 0.6 is 11.6 Å². The van der Waals surface area contributed by atoms with Gasteiger partial charge in [0.2, 0.25) is 0 Å². The first-order chi connectivity index (χ1) is 6.76. The van der Waals surface area contributed by atoms with E-state index in [0.29, 0.717) is 17.1 Å². The number of benzene rings is 1. The molecule has 0 saturated heterocycles. The average molecular weight is 214 g/mol. The molecule has 74 valence electrons. The summed E-state index contributed by atoms with van der Waals surface area (Å²) in [5.74, 6) is 0.531. The predicted octanol–water partition coefficient (Wildman–Crippen LogP) is 3.05. The highest BCUT2D eigenvalue weighted by molar-refractivity contribution is 6.18. The zero-order chi connectivity index (χ0) is 10.1. The molecular formula is C10H9ClFNO. The van der Waals surface area contributed by atoms with Crippen molar-refractivity contribution in [2.75, 3.05) is 7.11 Å². The highest BCUT2D eigenvalue weighted by Gasteiger charge is 2.09. The van der Waals surface area contributed by atoms with Gasteiger partial charge >= 0.3 is 0 Å². The molecule has 2 aromatic rings. The number of rotatable bonds is 2. The Morgan fingerprint density at radius 2 is 2.29 bits per heavy atom. The number of H-pyrrole nitrogens is 1. The number of hydrogen-bond acceptors (Lipinski definition) is 1. The van der Waals surface area contributed by atoms with Crippen LogP contribution in [-0.2, 0) is 5.88 Å². The van der Waals surface area contributed by atoms with Gasteiger partial charge in [-0.05, 0) is 11.6 Å². The number of alkyl halides is 1. The van der Waals surface area contributed by atoms with Gasteiger partial charge in [-0.1, -0.05) is 0 Å². The fourth-order valence-corrected chi connectivity index (χ4v) is 1.67. The molecule has 1 aromatic carbocycles. The van der Waals surface area contributed by atoms with E-state index in [1.54, 1.807) is 12.3 Å². The molecule has 0 atom stereocenters. The summed E-state index contributed by atoms with van der Waals surface area (Å²) in [6.45, 7) is 0. The monoisotopic (exact) mass is 213 g/mol. The molecule has 0 saturated carbocycles. The fourth-order valence-electron chi connectivity index (χ4n) is 1.45. The third-order valence-corrected chi connectivity index (χ3v) is 2.47. The van der Waals surface area contributed by atoms with Crippen molar-refractivity contribution in [2.24, 2.45) is 0 Å². The van der Waals surface area contributed by atoms with Crippen molar-refractivity contribution in [3.63, 3.8) is 0 Å². The van der Waals surface area contributed by atoms with Gasteiger partial charge < -0.3 is 9.72 Å². The van der Waals surface area contributed by atoms with E-state index in [9.17, 15) is 4.39 Å². The predicted molar refractivity (Wildman–Crippen MR) is 54.4 cm³/mol. The summed E-state index contributed by atoms with van der Waals surface area (Å²) in [6, 6.07) is 3.11. The van der Waals surface area contributed by atoms with Gasteiger partial charge in [0.1, 0.15) is 5.75 Å². The molecule has 0 amide bonds. The van der Waals surface area contributed by atoms with Gasteiger partial charge in [-0.15, -0.1) is 11.6 Å². The van der Waals surface area contributed by atoms with Crippen molar-refractivity contribution < 1.29 is 9.13 Å². The minimum absolute atomic E-state index is 0.323. The number of ether oxygens (including phenoxy) is 1. The Bertz CT molecular complexity index is 466. The summed E-state index contributed by atoms with van der Waals surface area (Å²) < 4.78 is 18.4. The number of aromatic amines is 1. The minimum atomic E-state index is -0.323. The third-order valence-electron chi connectivity index (χ3n) is 2.18. The Hall–Kier alpha value is -1.22. The van der Waals surface area contributed by atoms with E-state index in [2.05, 4.69) is 4.98 Å². The van der Waals surface area contributed by atoms with Crippen LogP contribution in [0.3, 0.4) is 0 Å². The zero-order valence-electron chi connectivity index (χ0n) is 7.60. The zero-order valence-corrected chi connectivity index (χ0v) is 8.36. The van der Waals surface area contributed by atoms with Crippen LogP contribution in [-0.4, -0.2) is 12.1 Å². The quantitative estimate of drug-likeness (QED) is 0.762. The van der Waals surface area contributed by atoms with Gasteiger partial charge in [0.05, 0.1) is 12.6 Å². The molecule has 4 heteroatoms. The minimum Gasteiger partial charge on any atom is -0.497 e. The summed E-state index contributed by atoms with van der Waals surface area (Å²) in [5.41, 5.74) is 1.35. The molecule has 1 heterocycles. The van der Waals surface area contributed by atoms with Gasteiger partial charge in [-0.3, -0.25) is 0 Å². The molecule has 0 bridgehead atoms. The van der Waals surface area contributed by atoms with Crippen LogP contribution in [0.2, 0.25) is 0 Å². The maximum Gasteiger partial charge on any atom is 0.150 e. The van der Waals surface area contributed by atoms with Crippen LogP contribution in [0.15, 0.2) is 18.3 Å². The van der Waals surface area contributed by atoms with Crippen LogP contribution < -0.4 is 4.74 Å². The first-order valence-corrected chi connectivity index (χ1v) is 4.69. The van der Waals surface area contributed by atoms with Crippen molar-refractivity contribution in [3.8, 4) is 5.75 Å². The van der Waals surface area contributed by atoms with Gasteiger partial charge in [-0.25, -0.2) is 4.39 Å². The Morgan fingerprint density at radius 1 is 1.50 bits per heavy atom. The normalized spacial score (nSPS) is 10.8. The fraction of sp³-hybridized carbons (Fsp3) is 0.200. The number of nitrogens with one attached hydrogen (secondary N) is 1. The standard InChI is InChI=1S/C10H9ClFNO/c1-14-7-2-8-6(4-11)5-13-10(8)9(12)3-7/h2-3,5,13H,4H2,1H3. The van der Waals surface area contributed by atoms with E-state index in [1.165, 1.54) is 13.2 Å². The van der Waals surface area contributed by atoms with Crippen molar-refractivity contribution in [2.45, 2.75) is 5.88 Å². The SMILES string of the molecule is COc1cc(F)c2[nH]cc(CCl)c2c1. The van der Waals surface area contributed by atoms with Gasteiger partial charge in [0, 0.05) is 23.5 Å². The van der Waals surface area contributed by atoms with Crippen molar-refractivity contribution >= 4 is 22.5 Å². The van der Waals surface area contributed by atoms with Gasteiger partial charge in [0.15, 0.2) is 5.82 Å². The van der Waals surface area contributed by atoms with Gasteiger partial charge in [0.25, 0.3) is 0 Å². The largest absolute Gasteiger partial charge is 0.497 e. The van der Waals surface area contributed by atoms with Crippen molar-refractivity contribution in [1.29, 1.82) is 0 Å². The molecule has 0 aliphatic heterocycles. The summed E-state index contributed by atoms with van der Waals surface area (Å²) in [4.78, 5) is 2.84. The van der Waals surface area contributed by atoms with E-state index < -0.39 is 0 Å². The number of hydrogen-bond donors (Lipinski definition) is 1. The summed E-state index contributed by atoms with van der Waals surface area (Å²) in [5, 5.41) is 0.775. The Kier molecular flexibility index (Phi) is 2.33.